The Morgan fingerprint density at radius 2 is 1.78 bits per heavy atom. The van der Waals surface area contributed by atoms with Crippen molar-refractivity contribution >= 4 is 23.5 Å². The molecule has 1 aliphatic rings. The van der Waals surface area contributed by atoms with Gasteiger partial charge in [0.05, 0.1) is 12.5 Å². The van der Waals surface area contributed by atoms with Crippen molar-refractivity contribution in [3.8, 4) is 11.1 Å². The number of amides is 2. The molecule has 7 nitrogen and oxygen atoms in total. The summed E-state index contributed by atoms with van der Waals surface area (Å²) >= 11 is 0. The SMILES string of the molecule is Cc1ccccc1-c1cncc([C@H](CC(=O)O)NC(=O)C(CC(C)C)N2C(=O)CCc3ccccc32)c1. The van der Waals surface area contributed by atoms with Crippen LogP contribution >= 0.6 is 0 Å². The van der Waals surface area contributed by atoms with Gasteiger partial charge in [-0.1, -0.05) is 56.3 Å². The molecule has 0 bridgehead atoms. The van der Waals surface area contributed by atoms with Crippen LogP contribution in [0.3, 0.4) is 0 Å². The van der Waals surface area contributed by atoms with Crippen LogP contribution in [0.1, 0.15) is 55.8 Å². The maximum Gasteiger partial charge on any atom is 0.305 e. The number of nitrogens with zero attached hydrogens (tertiary/aromatic N) is 2. The zero-order chi connectivity index (χ0) is 26.5. The van der Waals surface area contributed by atoms with E-state index < -0.39 is 18.1 Å². The fourth-order valence-corrected chi connectivity index (χ4v) is 4.96. The van der Waals surface area contributed by atoms with E-state index in [2.05, 4.69) is 10.3 Å². The Morgan fingerprint density at radius 3 is 2.51 bits per heavy atom. The Morgan fingerprint density at radius 1 is 1.05 bits per heavy atom. The summed E-state index contributed by atoms with van der Waals surface area (Å²) < 4.78 is 0. The summed E-state index contributed by atoms with van der Waals surface area (Å²) in [5.41, 5.74) is 5.28. The van der Waals surface area contributed by atoms with Crippen LogP contribution in [0.25, 0.3) is 11.1 Å². The second kappa shape index (κ2) is 11.4. The van der Waals surface area contributed by atoms with E-state index in [1.807, 2.05) is 75.4 Å². The number of hydrogen-bond donors (Lipinski definition) is 2. The molecule has 1 unspecified atom stereocenters. The quantitative estimate of drug-likeness (QED) is 0.428. The molecule has 0 radical (unpaired) electrons. The highest BCUT2D eigenvalue weighted by molar-refractivity contribution is 6.03. The van der Waals surface area contributed by atoms with Crippen LogP contribution in [0, 0.1) is 12.8 Å². The number of carbonyl (C=O) groups excluding carboxylic acids is 2. The monoisotopic (exact) mass is 499 g/mol. The summed E-state index contributed by atoms with van der Waals surface area (Å²) in [6.45, 7) is 6.01. The Bertz CT molecular complexity index is 1300. The molecule has 1 aliphatic heterocycles. The van der Waals surface area contributed by atoms with Crippen molar-refractivity contribution in [2.75, 3.05) is 4.90 Å². The van der Waals surface area contributed by atoms with Crippen LogP contribution in [-0.2, 0) is 20.8 Å². The second-order valence-electron chi connectivity index (χ2n) is 10.0. The van der Waals surface area contributed by atoms with Gasteiger partial charge in [0, 0.05) is 30.1 Å². The van der Waals surface area contributed by atoms with Crippen LogP contribution in [0.5, 0.6) is 0 Å². The molecular formula is C30H33N3O4. The molecule has 0 aliphatic carbocycles. The molecule has 2 aromatic carbocycles. The van der Waals surface area contributed by atoms with E-state index in [0.29, 0.717) is 24.8 Å². The maximum atomic E-state index is 13.8. The Hall–Kier alpha value is -4.00. The van der Waals surface area contributed by atoms with Crippen molar-refractivity contribution in [1.82, 2.24) is 10.3 Å². The number of hydrogen-bond acceptors (Lipinski definition) is 4. The molecular weight excluding hydrogens is 466 g/mol. The van der Waals surface area contributed by atoms with Crippen molar-refractivity contribution in [3.63, 3.8) is 0 Å². The van der Waals surface area contributed by atoms with E-state index in [-0.39, 0.29) is 24.2 Å². The smallest absolute Gasteiger partial charge is 0.305 e. The lowest BCUT2D eigenvalue weighted by atomic mass is 9.94. The molecule has 7 heteroatoms. The lowest BCUT2D eigenvalue weighted by Crippen LogP contribution is -2.52. The largest absolute Gasteiger partial charge is 0.481 e. The molecule has 2 amide bonds. The first kappa shape index (κ1) is 26.1. The molecule has 0 saturated heterocycles. The van der Waals surface area contributed by atoms with Gasteiger partial charge < -0.3 is 10.4 Å². The van der Waals surface area contributed by atoms with Gasteiger partial charge in [-0.3, -0.25) is 24.3 Å². The molecule has 0 spiro atoms. The van der Waals surface area contributed by atoms with Gasteiger partial charge in [-0.15, -0.1) is 0 Å². The number of aromatic nitrogens is 1. The van der Waals surface area contributed by atoms with E-state index in [4.69, 9.17) is 0 Å². The van der Waals surface area contributed by atoms with Crippen molar-refractivity contribution in [2.24, 2.45) is 5.92 Å². The predicted octanol–water partition coefficient (Wildman–Crippen LogP) is 5.08. The van der Waals surface area contributed by atoms with E-state index in [9.17, 15) is 19.5 Å². The molecule has 3 aromatic rings. The first-order chi connectivity index (χ1) is 17.7. The normalized spacial score (nSPS) is 14.7. The van der Waals surface area contributed by atoms with Crippen LogP contribution < -0.4 is 10.2 Å². The molecule has 1 aromatic heterocycles. The number of anilines is 1. The number of aryl methyl sites for hydroxylation is 2. The minimum Gasteiger partial charge on any atom is -0.481 e. The number of carbonyl (C=O) groups is 3. The molecule has 2 atom stereocenters. The van der Waals surface area contributed by atoms with Crippen molar-refractivity contribution in [2.45, 2.75) is 58.5 Å². The third-order valence-corrected chi connectivity index (χ3v) is 6.75. The van der Waals surface area contributed by atoms with Gasteiger partial charge in [-0.25, -0.2) is 0 Å². The number of pyridine rings is 1. The third kappa shape index (κ3) is 6.05. The third-order valence-electron chi connectivity index (χ3n) is 6.75. The number of carboxylic acids is 1. The average Bonchev–Trinajstić information content (AvgIpc) is 2.87. The van der Waals surface area contributed by atoms with Crippen molar-refractivity contribution < 1.29 is 19.5 Å². The molecule has 0 saturated carbocycles. The second-order valence-corrected chi connectivity index (χ2v) is 10.0. The van der Waals surface area contributed by atoms with Gasteiger partial charge in [-0.05, 0) is 60.1 Å². The summed E-state index contributed by atoms with van der Waals surface area (Å²) in [4.78, 5) is 44.6. The highest BCUT2D eigenvalue weighted by Crippen LogP contribution is 2.32. The molecule has 192 valence electrons. The minimum atomic E-state index is -1.04. The van der Waals surface area contributed by atoms with Gasteiger partial charge in [0.1, 0.15) is 6.04 Å². The molecule has 0 fully saturated rings. The van der Waals surface area contributed by atoms with Crippen LogP contribution in [-0.4, -0.2) is 33.9 Å². The number of para-hydroxylation sites is 1. The Kier molecular flexibility index (Phi) is 8.01. The summed E-state index contributed by atoms with van der Waals surface area (Å²) in [6.07, 6.45) is 4.45. The minimum absolute atomic E-state index is 0.0995. The van der Waals surface area contributed by atoms with E-state index in [0.717, 1.165) is 27.9 Å². The van der Waals surface area contributed by atoms with E-state index in [1.165, 1.54) is 0 Å². The summed E-state index contributed by atoms with van der Waals surface area (Å²) in [5, 5.41) is 12.6. The highest BCUT2D eigenvalue weighted by atomic mass is 16.4. The summed E-state index contributed by atoms with van der Waals surface area (Å²) in [6, 6.07) is 15.9. The number of benzene rings is 2. The Balaban J connectivity index is 1.67. The summed E-state index contributed by atoms with van der Waals surface area (Å²) in [5.74, 6) is -1.36. The zero-order valence-electron chi connectivity index (χ0n) is 21.5. The zero-order valence-corrected chi connectivity index (χ0v) is 21.5. The van der Waals surface area contributed by atoms with Crippen LogP contribution in [0.2, 0.25) is 0 Å². The topological polar surface area (TPSA) is 99.6 Å². The fourth-order valence-electron chi connectivity index (χ4n) is 4.96. The van der Waals surface area contributed by atoms with E-state index in [1.54, 1.807) is 17.3 Å². The maximum absolute atomic E-state index is 13.8. The number of rotatable bonds is 9. The van der Waals surface area contributed by atoms with E-state index >= 15 is 0 Å². The van der Waals surface area contributed by atoms with Crippen molar-refractivity contribution in [3.05, 3.63) is 83.7 Å². The average molecular weight is 500 g/mol. The molecule has 2 heterocycles. The lowest BCUT2D eigenvalue weighted by molar-refractivity contribution is -0.138. The van der Waals surface area contributed by atoms with Gasteiger partial charge in [-0.2, -0.15) is 0 Å². The first-order valence-electron chi connectivity index (χ1n) is 12.7. The fraction of sp³-hybridized carbons (Fsp3) is 0.333. The van der Waals surface area contributed by atoms with Gasteiger partial charge in [0.15, 0.2) is 0 Å². The summed E-state index contributed by atoms with van der Waals surface area (Å²) in [7, 11) is 0. The Labute approximate surface area is 217 Å². The van der Waals surface area contributed by atoms with Crippen LogP contribution in [0.4, 0.5) is 5.69 Å². The van der Waals surface area contributed by atoms with Gasteiger partial charge in [0.25, 0.3) is 0 Å². The van der Waals surface area contributed by atoms with Gasteiger partial charge in [0.2, 0.25) is 11.8 Å². The number of fused-ring (bicyclic) bond motifs is 1. The molecule has 37 heavy (non-hydrogen) atoms. The number of aliphatic carboxylic acids is 1. The number of carboxylic acid groups (broad SMARTS) is 1. The van der Waals surface area contributed by atoms with Crippen LogP contribution in [0.15, 0.2) is 67.0 Å². The van der Waals surface area contributed by atoms with Gasteiger partial charge >= 0.3 is 5.97 Å². The standard InChI is InChI=1S/C30H33N3O4/c1-19(2)14-27(33-26-11-7-5-9-21(26)12-13-28(33)34)30(37)32-25(16-29(35)36)23-15-22(17-31-18-23)24-10-6-4-8-20(24)3/h4-11,15,17-19,25,27H,12-14,16H2,1-3H3,(H,32,37)(H,35,36)/t25-,27?/m0/s1. The molecule has 2 N–H and O–H groups in total. The van der Waals surface area contributed by atoms with Crippen molar-refractivity contribution in [1.29, 1.82) is 0 Å². The predicted molar refractivity (Wildman–Crippen MR) is 143 cm³/mol. The molecule has 4 rings (SSSR count). The highest BCUT2D eigenvalue weighted by Gasteiger charge is 2.36. The number of nitrogens with one attached hydrogen (secondary N) is 1. The first-order valence-corrected chi connectivity index (χ1v) is 12.7. The lowest BCUT2D eigenvalue weighted by Gasteiger charge is -2.36.